The second-order valence-corrected chi connectivity index (χ2v) is 3.47. The van der Waals surface area contributed by atoms with Crippen LogP contribution in [0.1, 0.15) is 6.92 Å². The summed E-state index contributed by atoms with van der Waals surface area (Å²) in [5, 5.41) is 8.93. The van der Waals surface area contributed by atoms with Crippen molar-refractivity contribution >= 4 is 0 Å². The van der Waals surface area contributed by atoms with Crippen molar-refractivity contribution in [2.24, 2.45) is 5.41 Å². The number of hydrogen-bond acceptors (Lipinski definition) is 2. The Bertz CT molecular complexity index is 181. The topological polar surface area (TPSA) is 23.5 Å². The van der Waals surface area contributed by atoms with Crippen LogP contribution in [0.2, 0.25) is 0 Å². The summed E-state index contributed by atoms with van der Waals surface area (Å²) in [4.78, 5) is 1.99. The first kappa shape index (κ1) is 8.68. The first-order chi connectivity index (χ1) is 5.08. The van der Waals surface area contributed by atoms with Gasteiger partial charge in [-0.15, -0.1) is 0 Å². The van der Waals surface area contributed by atoms with E-state index in [2.05, 4.69) is 0 Å². The Kier molecular flexibility index (Phi) is 2.30. The normalized spacial score (nSPS) is 33.6. The zero-order valence-corrected chi connectivity index (χ0v) is 6.97. The van der Waals surface area contributed by atoms with E-state index in [9.17, 15) is 4.39 Å². The number of likely N-dealkylation sites (N-methyl/N-ethyl adjacent to an activating group) is 1. The third kappa shape index (κ3) is 1.60. The second kappa shape index (κ2) is 2.91. The van der Waals surface area contributed by atoms with E-state index in [1.807, 2.05) is 11.9 Å². The van der Waals surface area contributed by atoms with E-state index >= 15 is 0 Å². The molecule has 0 aromatic carbocycles. The smallest absolute Gasteiger partial charge is 0.107 e. The summed E-state index contributed by atoms with van der Waals surface area (Å²) < 4.78 is 13.1. The van der Waals surface area contributed by atoms with Crippen LogP contribution in [0.15, 0.2) is 11.9 Å². The lowest BCUT2D eigenvalue weighted by atomic mass is 9.87. The van der Waals surface area contributed by atoms with E-state index in [4.69, 9.17) is 5.11 Å². The van der Waals surface area contributed by atoms with Crippen LogP contribution in [-0.2, 0) is 0 Å². The van der Waals surface area contributed by atoms with Crippen LogP contribution in [0.3, 0.4) is 0 Å². The number of halogens is 1. The highest BCUT2D eigenvalue weighted by molar-refractivity contribution is 5.11. The van der Waals surface area contributed by atoms with Gasteiger partial charge in [0, 0.05) is 13.1 Å². The molecule has 1 heterocycles. The van der Waals surface area contributed by atoms with Crippen molar-refractivity contribution in [1.82, 2.24) is 4.90 Å². The minimum atomic E-state index is -0.674. The van der Waals surface area contributed by atoms with Crippen molar-refractivity contribution in [2.45, 2.75) is 6.92 Å². The highest BCUT2D eigenvalue weighted by atomic mass is 19.1. The number of rotatable bonds is 1. The van der Waals surface area contributed by atoms with E-state index in [1.54, 1.807) is 6.92 Å². The Morgan fingerprint density at radius 2 is 2.45 bits per heavy atom. The van der Waals surface area contributed by atoms with Gasteiger partial charge in [-0.05, 0) is 20.0 Å². The lowest BCUT2D eigenvalue weighted by Crippen LogP contribution is -2.40. The first-order valence-corrected chi connectivity index (χ1v) is 3.74. The molecule has 1 aliphatic rings. The first-order valence-electron chi connectivity index (χ1n) is 3.74. The molecule has 1 aliphatic heterocycles. The molecule has 2 nitrogen and oxygen atoms in total. The van der Waals surface area contributed by atoms with E-state index < -0.39 is 5.41 Å². The van der Waals surface area contributed by atoms with Gasteiger partial charge in [-0.3, -0.25) is 0 Å². The van der Waals surface area contributed by atoms with Gasteiger partial charge in [-0.2, -0.15) is 0 Å². The molecular formula is C8H14FNO. The molecule has 0 radical (unpaired) electrons. The van der Waals surface area contributed by atoms with Gasteiger partial charge in [0.05, 0.1) is 12.0 Å². The minimum Gasteiger partial charge on any atom is -0.395 e. The Morgan fingerprint density at radius 1 is 1.82 bits per heavy atom. The van der Waals surface area contributed by atoms with Gasteiger partial charge in [0.1, 0.15) is 5.83 Å². The standard InChI is InChI=1S/C8H14FNO/c1-8(6-11)5-10(2)4-3-7(8)9/h3,11H,4-6H2,1-2H3/t8-/m0/s1. The van der Waals surface area contributed by atoms with Crippen LogP contribution in [0.4, 0.5) is 4.39 Å². The summed E-state index contributed by atoms with van der Waals surface area (Å²) >= 11 is 0. The molecule has 0 amide bonds. The SMILES string of the molecule is CN1CC=C(F)[C@](C)(CO)C1. The van der Waals surface area contributed by atoms with E-state index in [-0.39, 0.29) is 12.4 Å². The number of nitrogens with zero attached hydrogens (tertiary/aromatic N) is 1. The molecule has 0 bridgehead atoms. The molecule has 1 rings (SSSR count). The molecule has 0 aliphatic carbocycles. The van der Waals surface area contributed by atoms with Crippen LogP contribution in [0.5, 0.6) is 0 Å². The Hall–Kier alpha value is -0.410. The lowest BCUT2D eigenvalue weighted by Gasteiger charge is -2.34. The zero-order valence-electron chi connectivity index (χ0n) is 6.97. The van der Waals surface area contributed by atoms with E-state index in [0.717, 1.165) is 0 Å². The van der Waals surface area contributed by atoms with Gasteiger partial charge < -0.3 is 10.0 Å². The van der Waals surface area contributed by atoms with Crippen LogP contribution in [-0.4, -0.2) is 36.8 Å². The fourth-order valence-corrected chi connectivity index (χ4v) is 1.34. The Labute approximate surface area is 66.3 Å². The predicted molar refractivity (Wildman–Crippen MR) is 41.9 cm³/mol. The third-order valence-corrected chi connectivity index (χ3v) is 2.13. The predicted octanol–water partition coefficient (Wildman–Crippen LogP) is 0.784. The van der Waals surface area contributed by atoms with E-state index in [1.165, 1.54) is 6.08 Å². The molecule has 1 N–H and O–H groups in total. The molecule has 3 heteroatoms. The Morgan fingerprint density at radius 3 is 2.91 bits per heavy atom. The van der Waals surface area contributed by atoms with Gasteiger partial charge in [-0.1, -0.05) is 0 Å². The molecule has 0 saturated carbocycles. The summed E-state index contributed by atoms with van der Waals surface area (Å²) in [6.45, 7) is 2.83. The monoisotopic (exact) mass is 159 g/mol. The second-order valence-electron chi connectivity index (χ2n) is 3.47. The average molecular weight is 159 g/mol. The average Bonchev–Trinajstić information content (AvgIpc) is 1.98. The lowest BCUT2D eigenvalue weighted by molar-refractivity contribution is 0.101. The molecule has 64 valence electrons. The fraction of sp³-hybridized carbons (Fsp3) is 0.750. The van der Waals surface area contributed by atoms with Gasteiger partial charge in [0.25, 0.3) is 0 Å². The van der Waals surface area contributed by atoms with Crippen molar-refractivity contribution in [3.05, 3.63) is 11.9 Å². The fourth-order valence-electron chi connectivity index (χ4n) is 1.34. The van der Waals surface area contributed by atoms with Gasteiger partial charge in [-0.25, -0.2) is 4.39 Å². The molecular weight excluding hydrogens is 145 g/mol. The summed E-state index contributed by atoms with van der Waals surface area (Å²) in [6.07, 6.45) is 1.53. The number of aliphatic hydroxyl groups excluding tert-OH is 1. The van der Waals surface area contributed by atoms with Crippen LogP contribution < -0.4 is 0 Å². The summed E-state index contributed by atoms with van der Waals surface area (Å²) in [7, 11) is 1.91. The van der Waals surface area contributed by atoms with Crippen molar-refractivity contribution < 1.29 is 9.50 Å². The maximum atomic E-state index is 13.1. The Balaban J connectivity index is 2.79. The molecule has 0 aromatic heterocycles. The molecule has 0 spiro atoms. The maximum Gasteiger partial charge on any atom is 0.107 e. The highest BCUT2D eigenvalue weighted by Crippen LogP contribution is 2.30. The summed E-state index contributed by atoms with van der Waals surface area (Å²) in [6, 6.07) is 0. The molecule has 0 unspecified atom stereocenters. The van der Waals surface area contributed by atoms with Crippen LogP contribution >= 0.6 is 0 Å². The molecule has 0 saturated heterocycles. The number of hydrogen-bond donors (Lipinski definition) is 1. The molecule has 1 atom stereocenters. The van der Waals surface area contributed by atoms with Crippen molar-refractivity contribution in [3.63, 3.8) is 0 Å². The van der Waals surface area contributed by atoms with Gasteiger partial charge in [0.2, 0.25) is 0 Å². The summed E-state index contributed by atoms with van der Waals surface area (Å²) in [5.74, 6) is -0.182. The summed E-state index contributed by atoms with van der Waals surface area (Å²) in [5.41, 5.74) is -0.674. The van der Waals surface area contributed by atoms with E-state index in [0.29, 0.717) is 13.1 Å². The van der Waals surface area contributed by atoms with Crippen molar-refractivity contribution in [3.8, 4) is 0 Å². The third-order valence-electron chi connectivity index (χ3n) is 2.13. The van der Waals surface area contributed by atoms with Gasteiger partial charge >= 0.3 is 0 Å². The minimum absolute atomic E-state index is 0.125. The highest BCUT2D eigenvalue weighted by Gasteiger charge is 2.32. The van der Waals surface area contributed by atoms with Crippen LogP contribution in [0.25, 0.3) is 0 Å². The number of aliphatic hydroxyl groups is 1. The zero-order chi connectivity index (χ0) is 8.48. The maximum absolute atomic E-state index is 13.1. The van der Waals surface area contributed by atoms with Gasteiger partial charge in [0.15, 0.2) is 0 Å². The largest absolute Gasteiger partial charge is 0.395 e. The molecule has 11 heavy (non-hydrogen) atoms. The quantitative estimate of drug-likeness (QED) is 0.611. The molecule has 0 aromatic rings. The molecule has 0 fully saturated rings. The van der Waals surface area contributed by atoms with Crippen LogP contribution in [0, 0.1) is 5.41 Å². The van der Waals surface area contributed by atoms with Crippen molar-refractivity contribution in [1.29, 1.82) is 0 Å². The van der Waals surface area contributed by atoms with Crippen molar-refractivity contribution in [2.75, 3.05) is 26.7 Å².